The van der Waals surface area contributed by atoms with Crippen LogP contribution in [0.1, 0.15) is 43.1 Å². The molecule has 0 aromatic heterocycles. The van der Waals surface area contributed by atoms with Crippen molar-refractivity contribution in [2.45, 2.75) is 39.2 Å². The van der Waals surface area contributed by atoms with Gasteiger partial charge in [-0.25, -0.2) is 4.79 Å². The lowest BCUT2D eigenvalue weighted by Gasteiger charge is -2.24. The Hall–Kier alpha value is -1.84. The zero-order valence-corrected chi connectivity index (χ0v) is 11.0. The van der Waals surface area contributed by atoms with E-state index in [4.69, 9.17) is 5.11 Å². The van der Waals surface area contributed by atoms with E-state index in [9.17, 15) is 9.59 Å². The number of carboxylic acid groups (broad SMARTS) is 1. The van der Waals surface area contributed by atoms with Crippen molar-refractivity contribution in [1.82, 2.24) is 5.32 Å². The molecule has 0 saturated carbocycles. The molecular formula is C14H19NO3. The van der Waals surface area contributed by atoms with Crippen molar-refractivity contribution in [3.8, 4) is 0 Å². The summed E-state index contributed by atoms with van der Waals surface area (Å²) in [7, 11) is 0. The minimum absolute atomic E-state index is 0.0510. The summed E-state index contributed by atoms with van der Waals surface area (Å²) in [6, 6.07) is 6.36. The van der Waals surface area contributed by atoms with E-state index in [1.165, 1.54) is 12.1 Å². The number of carbonyl (C=O) groups excluding carboxylic acids is 1. The Labute approximate surface area is 107 Å². The maximum absolute atomic E-state index is 11.8. The van der Waals surface area contributed by atoms with Crippen molar-refractivity contribution in [3.63, 3.8) is 0 Å². The highest BCUT2D eigenvalue weighted by atomic mass is 16.4. The smallest absolute Gasteiger partial charge is 0.335 e. The lowest BCUT2D eigenvalue weighted by molar-refractivity contribution is -0.122. The highest BCUT2D eigenvalue weighted by Crippen LogP contribution is 2.09. The Morgan fingerprint density at radius 2 is 1.78 bits per heavy atom. The molecular weight excluding hydrogens is 230 g/mol. The van der Waals surface area contributed by atoms with E-state index in [0.29, 0.717) is 0 Å². The summed E-state index contributed by atoms with van der Waals surface area (Å²) in [6.45, 7) is 5.96. The molecule has 0 heterocycles. The first-order valence-corrected chi connectivity index (χ1v) is 5.97. The number of benzene rings is 1. The fourth-order valence-corrected chi connectivity index (χ4v) is 1.46. The van der Waals surface area contributed by atoms with Gasteiger partial charge in [0.25, 0.3) is 0 Å². The Kier molecular flexibility index (Phi) is 4.48. The van der Waals surface area contributed by atoms with Crippen molar-refractivity contribution in [1.29, 1.82) is 0 Å². The number of hydrogen-bond acceptors (Lipinski definition) is 2. The van der Waals surface area contributed by atoms with Crippen LogP contribution in [0.3, 0.4) is 0 Å². The second-order valence-electron chi connectivity index (χ2n) is 4.96. The average molecular weight is 249 g/mol. The zero-order chi connectivity index (χ0) is 13.8. The molecule has 0 spiro atoms. The molecule has 0 aliphatic carbocycles. The van der Waals surface area contributed by atoms with Gasteiger partial charge in [-0.1, -0.05) is 19.1 Å². The summed E-state index contributed by atoms with van der Waals surface area (Å²) in [6.07, 6.45) is 1.13. The largest absolute Gasteiger partial charge is 0.478 e. The molecule has 4 nitrogen and oxygen atoms in total. The lowest BCUT2D eigenvalue weighted by atomic mass is 10.0. The van der Waals surface area contributed by atoms with Crippen LogP contribution in [-0.2, 0) is 11.2 Å². The van der Waals surface area contributed by atoms with Crippen molar-refractivity contribution >= 4 is 11.9 Å². The summed E-state index contributed by atoms with van der Waals surface area (Å²) < 4.78 is 0. The van der Waals surface area contributed by atoms with Crippen LogP contribution in [0.5, 0.6) is 0 Å². The van der Waals surface area contributed by atoms with Gasteiger partial charge in [0.05, 0.1) is 12.0 Å². The van der Waals surface area contributed by atoms with E-state index >= 15 is 0 Å². The third-order valence-electron chi connectivity index (χ3n) is 2.93. The van der Waals surface area contributed by atoms with Crippen LogP contribution in [0.15, 0.2) is 24.3 Å². The number of carbonyl (C=O) groups is 2. The van der Waals surface area contributed by atoms with Gasteiger partial charge in [-0.3, -0.25) is 4.79 Å². The summed E-state index contributed by atoms with van der Waals surface area (Å²) >= 11 is 0. The third kappa shape index (κ3) is 4.20. The van der Waals surface area contributed by atoms with Gasteiger partial charge in [0, 0.05) is 5.54 Å². The normalized spacial score (nSPS) is 11.1. The highest BCUT2D eigenvalue weighted by Gasteiger charge is 2.17. The van der Waals surface area contributed by atoms with E-state index in [2.05, 4.69) is 5.32 Å². The fraction of sp³-hybridized carbons (Fsp3) is 0.429. The minimum Gasteiger partial charge on any atom is -0.478 e. The van der Waals surface area contributed by atoms with Crippen molar-refractivity contribution in [3.05, 3.63) is 35.4 Å². The quantitative estimate of drug-likeness (QED) is 0.841. The van der Waals surface area contributed by atoms with E-state index in [-0.39, 0.29) is 23.4 Å². The fourth-order valence-electron chi connectivity index (χ4n) is 1.46. The molecule has 0 radical (unpaired) electrons. The first kappa shape index (κ1) is 14.2. The SMILES string of the molecule is CCC(C)(C)NC(=O)Cc1ccc(C(=O)O)cc1. The first-order chi connectivity index (χ1) is 8.34. The summed E-state index contributed by atoms with van der Waals surface area (Å²) in [5.41, 5.74) is 0.829. The molecule has 1 amide bonds. The topological polar surface area (TPSA) is 66.4 Å². The van der Waals surface area contributed by atoms with Gasteiger partial charge in [0.2, 0.25) is 5.91 Å². The summed E-state index contributed by atoms with van der Waals surface area (Å²) in [5, 5.41) is 11.7. The molecule has 1 aromatic rings. The van der Waals surface area contributed by atoms with Gasteiger partial charge in [0.15, 0.2) is 0 Å². The van der Waals surface area contributed by atoms with E-state index < -0.39 is 5.97 Å². The molecule has 0 saturated heterocycles. The molecule has 0 unspecified atom stereocenters. The van der Waals surface area contributed by atoms with Crippen molar-refractivity contribution in [2.75, 3.05) is 0 Å². The molecule has 98 valence electrons. The average Bonchev–Trinajstić information content (AvgIpc) is 2.29. The van der Waals surface area contributed by atoms with Crippen molar-refractivity contribution < 1.29 is 14.7 Å². The number of hydrogen-bond donors (Lipinski definition) is 2. The van der Waals surface area contributed by atoms with Gasteiger partial charge >= 0.3 is 5.97 Å². The van der Waals surface area contributed by atoms with E-state index in [1.54, 1.807) is 12.1 Å². The molecule has 0 aliphatic heterocycles. The van der Waals surface area contributed by atoms with Crippen LogP contribution in [0.4, 0.5) is 0 Å². The van der Waals surface area contributed by atoms with Gasteiger partial charge in [-0.15, -0.1) is 0 Å². The Morgan fingerprint density at radius 3 is 2.22 bits per heavy atom. The van der Waals surface area contributed by atoms with Gasteiger partial charge in [-0.05, 0) is 38.0 Å². The minimum atomic E-state index is -0.960. The Balaban J connectivity index is 2.63. The molecule has 1 rings (SSSR count). The Bertz CT molecular complexity index is 435. The molecule has 4 heteroatoms. The molecule has 0 bridgehead atoms. The number of amides is 1. The highest BCUT2D eigenvalue weighted by molar-refractivity contribution is 5.87. The number of nitrogens with one attached hydrogen (secondary N) is 1. The van der Waals surface area contributed by atoms with E-state index in [0.717, 1.165) is 12.0 Å². The van der Waals surface area contributed by atoms with Crippen LogP contribution >= 0.6 is 0 Å². The van der Waals surface area contributed by atoms with Crippen LogP contribution in [0.25, 0.3) is 0 Å². The van der Waals surface area contributed by atoms with Crippen LogP contribution in [-0.4, -0.2) is 22.5 Å². The second kappa shape index (κ2) is 5.67. The summed E-state index contributed by atoms with van der Waals surface area (Å²) in [4.78, 5) is 22.5. The molecule has 0 aliphatic rings. The third-order valence-corrected chi connectivity index (χ3v) is 2.93. The predicted octanol–water partition coefficient (Wildman–Crippen LogP) is 2.23. The number of rotatable bonds is 5. The summed E-state index contributed by atoms with van der Waals surface area (Å²) in [5.74, 6) is -1.01. The Morgan fingerprint density at radius 1 is 1.22 bits per heavy atom. The molecule has 0 fully saturated rings. The standard InChI is InChI=1S/C14H19NO3/c1-4-14(2,3)15-12(16)9-10-5-7-11(8-6-10)13(17)18/h5-8H,4,9H2,1-3H3,(H,15,16)(H,17,18). The zero-order valence-electron chi connectivity index (χ0n) is 11.0. The van der Waals surface area contributed by atoms with Gasteiger partial charge < -0.3 is 10.4 Å². The monoisotopic (exact) mass is 249 g/mol. The van der Waals surface area contributed by atoms with Gasteiger partial charge in [-0.2, -0.15) is 0 Å². The molecule has 2 N–H and O–H groups in total. The maximum atomic E-state index is 11.8. The van der Waals surface area contributed by atoms with Crippen LogP contribution < -0.4 is 5.32 Å². The lowest BCUT2D eigenvalue weighted by Crippen LogP contribution is -2.43. The van der Waals surface area contributed by atoms with E-state index in [1.807, 2.05) is 20.8 Å². The van der Waals surface area contributed by atoms with Gasteiger partial charge in [0.1, 0.15) is 0 Å². The maximum Gasteiger partial charge on any atom is 0.335 e. The number of aromatic carboxylic acids is 1. The first-order valence-electron chi connectivity index (χ1n) is 5.97. The molecule has 1 aromatic carbocycles. The van der Waals surface area contributed by atoms with Crippen molar-refractivity contribution in [2.24, 2.45) is 0 Å². The number of carboxylic acids is 1. The van der Waals surface area contributed by atoms with Crippen LogP contribution in [0.2, 0.25) is 0 Å². The molecule has 18 heavy (non-hydrogen) atoms. The molecule has 0 atom stereocenters. The second-order valence-corrected chi connectivity index (χ2v) is 4.96. The predicted molar refractivity (Wildman–Crippen MR) is 69.6 cm³/mol. The van der Waals surface area contributed by atoms with Crippen LogP contribution in [0, 0.1) is 0 Å².